The molecule has 0 fully saturated rings. The van der Waals surface area contributed by atoms with Gasteiger partial charge in [0.25, 0.3) is 0 Å². The van der Waals surface area contributed by atoms with E-state index >= 15 is 0 Å². The zero-order valence-corrected chi connectivity index (χ0v) is 15.1. The zero-order valence-electron chi connectivity index (χ0n) is 13.5. The zero-order chi connectivity index (χ0) is 18.1. The van der Waals surface area contributed by atoms with Crippen LogP contribution in [-0.2, 0) is 0 Å². The first-order chi connectivity index (χ1) is 12.6. The molecule has 26 heavy (non-hydrogen) atoms. The Hall–Kier alpha value is -2.79. The topological polar surface area (TPSA) is 28.7 Å². The highest BCUT2D eigenvalue weighted by Crippen LogP contribution is 2.33. The second kappa shape index (κ2) is 6.84. The van der Waals surface area contributed by atoms with Crippen molar-refractivity contribution in [1.82, 2.24) is 9.97 Å². The number of halogens is 3. The minimum atomic E-state index is -0.305. The van der Waals surface area contributed by atoms with Gasteiger partial charge in [0, 0.05) is 21.2 Å². The average molecular weight is 411 g/mol. The summed E-state index contributed by atoms with van der Waals surface area (Å²) < 4.78 is 27.6. The van der Waals surface area contributed by atoms with Gasteiger partial charge < -0.3 is 4.98 Å². The van der Waals surface area contributed by atoms with Crippen LogP contribution in [0.1, 0.15) is 0 Å². The lowest BCUT2D eigenvalue weighted by atomic mass is 10.1. The summed E-state index contributed by atoms with van der Waals surface area (Å²) in [5.41, 5.74) is 3.96. The second-order valence-corrected chi connectivity index (χ2v) is 6.75. The van der Waals surface area contributed by atoms with Crippen molar-refractivity contribution in [3.63, 3.8) is 0 Å². The number of nitrogens with zero attached hydrogens (tertiary/aromatic N) is 1. The van der Waals surface area contributed by atoms with E-state index in [4.69, 9.17) is 4.98 Å². The van der Waals surface area contributed by atoms with Crippen LogP contribution in [0.25, 0.3) is 33.9 Å². The summed E-state index contributed by atoms with van der Waals surface area (Å²) in [5, 5.41) is 0. The molecular formula is C21H13BrF2N2. The predicted molar refractivity (Wildman–Crippen MR) is 103 cm³/mol. The summed E-state index contributed by atoms with van der Waals surface area (Å²) in [6.07, 6.45) is 0. The molecule has 0 aliphatic rings. The van der Waals surface area contributed by atoms with E-state index in [2.05, 4.69) is 20.9 Å². The van der Waals surface area contributed by atoms with Gasteiger partial charge in [0.15, 0.2) is 0 Å². The Morgan fingerprint density at radius 1 is 0.654 bits per heavy atom. The van der Waals surface area contributed by atoms with E-state index in [0.717, 1.165) is 26.9 Å². The Morgan fingerprint density at radius 3 is 1.73 bits per heavy atom. The van der Waals surface area contributed by atoms with Gasteiger partial charge in [-0.05, 0) is 60.7 Å². The van der Waals surface area contributed by atoms with E-state index in [1.807, 2.05) is 24.3 Å². The molecule has 4 rings (SSSR count). The van der Waals surface area contributed by atoms with E-state index < -0.39 is 0 Å². The SMILES string of the molecule is Fc1ccc(-c2nc(-c3ccc(Br)cc3)[nH]c2-c2ccc(F)cc2)cc1. The van der Waals surface area contributed by atoms with Crippen molar-refractivity contribution in [3.05, 3.63) is 88.9 Å². The number of aromatic amines is 1. The normalized spacial score (nSPS) is 10.9. The van der Waals surface area contributed by atoms with Crippen molar-refractivity contribution in [2.24, 2.45) is 0 Å². The molecule has 5 heteroatoms. The standard InChI is InChI=1S/C21H13BrF2N2/c22-16-7-1-15(2-8-16)21-25-19(13-3-9-17(23)10-4-13)20(26-21)14-5-11-18(24)12-6-14/h1-12H,(H,25,26). The molecule has 0 unspecified atom stereocenters. The lowest BCUT2D eigenvalue weighted by Crippen LogP contribution is -1.85. The first-order valence-electron chi connectivity index (χ1n) is 7.98. The van der Waals surface area contributed by atoms with Crippen LogP contribution in [-0.4, -0.2) is 9.97 Å². The number of hydrogen-bond acceptors (Lipinski definition) is 1. The fraction of sp³-hybridized carbons (Fsp3) is 0. The molecule has 0 radical (unpaired) electrons. The molecule has 0 saturated heterocycles. The van der Waals surface area contributed by atoms with Crippen molar-refractivity contribution >= 4 is 15.9 Å². The molecule has 4 aromatic rings. The molecule has 0 saturated carbocycles. The molecule has 2 nitrogen and oxygen atoms in total. The molecule has 3 aromatic carbocycles. The van der Waals surface area contributed by atoms with Crippen molar-refractivity contribution in [1.29, 1.82) is 0 Å². The van der Waals surface area contributed by atoms with Crippen LogP contribution in [0.3, 0.4) is 0 Å². The molecule has 0 spiro atoms. The molecule has 1 heterocycles. The summed E-state index contributed by atoms with van der Waals surface area (Å²) in [5.74, 6) is 0.0848. The number of aromatic nitrogens is 2. The van der Waals surface area contributed by atoms with Gasteiger partial charge in [-0.1, -0.05) is 28.1 Å². The third kappa shape index (κ3) is 3.30. The number of rotatable bonds is 3. The second-order valence-electron chi connectivity index (χ2n) is 5.83. The van der Waals surface area contributed by atoms with Gasteiger partial charge in [0.2, 0.25) is 0 Å². The third-order valence-electron chi connectivity index (χ3n) is 4.07. The van der Waals surface area contributed by atoms with E-state index in [-0.39, 0.29) is 11.6 Å². The maximum atomic E-state index is 13.3. The number of nitrogens with one attached hydrogen (secondary N) is 1. The Labute approximate surface area is 157 Å². The number of hydrogen-bond donors (Lipinski definition) is 1. The Kier molecular flexibility index (Phi) is 4.39. The summed E-state index contributed by atoms with van der Waals surface area (Å²) >= 11 is 3.42. The van der Waals surface area contributed by atoms with E-state index in [1.165, 1.54) is 24.3 Å². The highest BCUT2D eigenvalue weighted by atomic mass is 79.9. The summed E-state index contributed by atoms with van der Waals surface area (Å²) in [4.78, 5) is 8.05. The van der Waals surface area contributed by atoms with Crippen LogP contribution in [0, 0.1) is 11.6 Å². The molecule has 128 valence electrons. The van der Waals surface area contributed by atoms with Crippen LogP contribution in [0.4, 0.5) is 8.78 Å². The molecule has 0 atom stereocenters. The van der Waals surface area contributed by atoms with Gasteiger partial charge >= 0.3 is 0 Å². The van der Waals surface area contributed by atoms with Crippen molar-refractivity contribution in [2.75, 3.05) is 0 Å². The van der Waals surface area contributed by atoms with Gasteiger partial charge in [0.1, 0.15) is 17.5 Å². The van der Waals surface area contributed by atoms with E-state index in [0.29, 0.717) is 11.5 Å². The molecule has 1 aromatic heterocycles. The van der Waals surface area contributed by atoms with Crippen molar-refractivity contribution in [2.45, 2.75) is 0 Å². The average Bonchev–Trinajstić information content (AvgIpc) is 3.09. The number of benzene rings is 3. The summed E-state index contributed by atoms with van der Waals surface area (Å²) in [6.45, 7) is 0. The van der Waals surface area contributed by atoms with Crippen LogP contribution in [0.5, 0.6) is 0 Å². The van der Waals surface area contributed by atoms with Gasteiger partial charge in [-0.15, -0.1) is 0 Å². The first kappa shape index (κ1) is 16.7. The summed E-state index contributed by atoms with van der Waals surface area (Å²) in [7, 11) is 0. The Bertz CT molecular complexity index is 974. The number of imidazole rings is 1. The largest absolute Gasteiger partial charge is 0.337 e. The van der Waals surface area contributed by atoms with Crippen LogP contribution in [0.15, 0.2) is 77.3 Å². The minimum Gasteiger partial charge on any atom is -0.337 e. The predicted octanol–water partition coefficient (Wildman–Crippen LogP) is 6.45. The molecule has 0 aliphatic carbocycles. The van der Waals surface area contributed by atoms with Gasteiger partial charge in [0.05, 0.1) is 11.4 Å². The Morgan fingerprint density at radius 2 is 1.15 bits per heavy atom. The van der Waals surface area contributed by atoms with E-state index in [1.54, 1.807) is 24.3 Å². The van der Waals surface area contributed by atoms with Crippen molar-refractivity contribution < 1.29 is 8.78 Å². The monoisotopic (exact) mass is 410 g/mol. The lowest BCUT2D eigenvalue weighted by molar-refractivity contribution is 0.627. The molecular weight excluding hydrogens is 398 g/mol. The quantitative estimate of drug-likeness (QED) is 0.412. The number of H-pyrrole nitrogens is 1. The highest BCUT2D eigenvalue weighted by molar-refractivity contribution is 9.10. The maximum Gasteiger partial charge on any atom is 0.138 e. The molecule has 0 bridgehead atoms. The summed E-state index contributed by atoms with van der Waals surface area (Å²) in [6, 6.07) is 20.1. The third-order valence-corrected chi connectivity index (χ3v) is 4.60. The fourth-order valence-electron chi connectivity index (χ4n) is 2.76. The molecule has 1 N–H and O–H groups in total. The minimum absolute atomic E-state index is 0.301. The first-order valence-corrected chi connectivity index (χ1v) is 8.77. The smallest absolute Gasteiger partial charge is 0.138 e. The Balaban J connectivity index is 1.88. The van der Waals surface area contributed by atoms with Gasteiger partial charge in [-0.3, -0.25) is 0 Å². The van der Waals surface area contributed by atoms with Crippen LogP contribution >= 0.6 is 15.9 Å². The van der Waals surface area contributed by atoms with Gasteiger partial charge in [-0.25, -0.2) is 13.8 Å². The van der Waals surface area contributed by atoms with Gasteiger partial charge in [-0.2, -0.15) is 0 Å². The lowest BCUT2D eigenvalue weighted by Gasteiger charge is -2.03. The maximum absolute atomic E-state index is 13.3. The van der Waals surface area contributed by atoms with Crippen LogP contribution < -0.4 is 0 Å². The van der Waals surface area contributed by atoms with Crippen LogP contribution in [0.2, 0.25) is 0 Å². The van der Waals surface area contributed by atoms with Crippen molar-refractivity contribution in [3.8, 4) is 33.9 Å². The highest BCUT2D eigenvalue weighted by Gasteiger charge is 2.15. The molecule has 0 amide bonds. The van der Waals surface area contributed by atoms with E-state index in [9.17, 15) is 8.78 Å². The molecule has 0 aliphatic heterocycles. The fourth-order valence-corrected chi connectivity index (χ4v) is 3.02.